The molecule has 0 atom stereocenters. The van der Waals surface area contributed by atoms with Gasteiger partial charge < -0.3 is 9.84 Å². The van der Waals surface area contributed by atoms with Crippen LogP contribution >= 0.6 is 0 Å². The lowest BCUT2D eigenvalue weighted by atomic mass is 10.0. The molecule has 2 aromatic carbocycles. The molecular weight excluding hydrogens is 266 g/mol. The van der Waals surface area contributed by atoms with Crippen LogP contribution in [0.2, 0.25) is 0 Å². The number of nitriles is 1. The van der Waals surface area contributed by atoms with Crippen LogP contribution in [0.15, 0.2) is 54.1 Å². The Kier molecular flexibility index (Phi) is 4.37. The Bertz CT molecular complexity index is 724. The Morgan fingerprint density at radius 2 is 1.95 bits per heavy atom. The topological polar surface area (TPSA) is 70.3 Å². The number of aromatic hydroxyl groups is 1. The van der Waals surface area contributed by atoms with E-state index in [1.807, 2.05) is 6.07 Å². The van der Waals surface area contributed by atoms with Crippen LogP contribution in [0.4, 0.5) is 0 Å². The van der Waals surface area contributed by atoms with Gasteiger partial charge in [-0.05, 0) is 48.0 Å². The molecule has 2 rings (SSSR count). The summed E-state index contributed by atoms with van der Waals surface area (Å²) in [5, 5.41) is 18.6. The second-order valence-corrected chi connectivity index (χ2v) is 4.32. The van der Waals surface area contributed by atoms with Crippen molar-refractivity contribution in [1.29, 1.82) is 5.26 Å². The van der Waals surface area contributed by atoms with Crippen LogP contribution in [0.25, 0.3) is 6.08 Å². The first-order valence-corrected chi connectivity index (χ1v) is 6.23. The van der Waals surface area contributed by atoms with Crippen molar-refractivity contribution >= 4 is 11.9 Å². The second kappa shape index (κ2) is 6.40. The van der Waals surface area contributed by atoms with Gasteiger partial charge in [0.2, 0.25) is 5.78 Å². The first-order chi connectivity index (χ1) is 10.1. The standard InChI is InChI=1S/C17H13NO3/c1-21-16-7-5-13(6-8-16)17(20)14(11-18)9-12-3-2-4-15(19)10-12/h2-10,19H,1H3/b14-9+. The van der Waals surface area contributed by atoms with E-state index in [0.717, 1.165) is 0 Å². The number of carbonyl (C=O) groups is 1. The lowest BCUT2D eigenvalue weighted by Crippen LogP contribution is -2.01. The number of benzene rings is 2. The summed E-state index contributed by atoms with van der Waals surface area (Å²) < 4.78 is 5.03. The molecule has 4 heteroatoms. The van der Waals surface area contributed by atoms with E-state index in [-0.39, 0.29) is 17.1 Å². The van der Waals surface area contributed by atoms with Gasteiger partial charge in [-0.1, -0.05) is 12.1 Å². The third kappa shape index (κ3) is 3.48. The highest BCUT2D eigenvalue weighted by Gasteiger charge is 2.12. The highest BCUT2D eigenvalue weighted by Crippen LogP contribution is 2.18. The first-order valence-electron chi connectivity index (χ1n) is 6.23. The van der Waals surface area contributed by atoms with Gasteiger partial charge in [0.05, 0.1) is 7.11 Å². The Balaban J connectivity index is 2.32. The summed E-state index contributed by atoms with van der Waals surface area (Å²) in [6.07, 6.45) is 1.45. The van der Waals surface area contributed by atoms with E-state index in [2.05, 4.69) is 0 Å². The molecule has 0 aliphatic carbocycles. The Morgan fingerprint density at radius 1 is 1.24 bits per heavy atom. The van der Waals surface area contributed by atoms with Crippen molar-refractivity contribution < 1.29 is 14.6 Å². The summed E-state index contributed by atoms with van der Waals surface area (Å²) in [5.41, 5.74) is 1.00. The van der Waals surface area contributed by atoms with E-state index < -0.39 is 0 Å². The normalized spacial score (nSPS) is 10.8. The fourth-order valence-corrected chi connectivity index (χ4v) is 1.83. The van der Waals surface area contributed by atoms with E-state index in [4.69, 9.17) is 10.00 Å². The minimum Gasteiger partial charge on any atom is -0.508 e. The van der Waals surface area contributed by atoms with Crippen molar-refractivity contribution in [1.82, 2.24) is 0 Å². The average Bonchev–Trinajstić information content (AvgIpc) is 2.52. The predicted octanol–water partition coefficient (Wildman–Crippen LogP) is 3.19. The third-order valence-electron chi connectivity index (χ3n) is 2.90. The molecule has 4 nitrogen and oxygen atoms in total. The number of Topliss-reactive ketones (excluding diaryl/α,β-unsaturated/α-hetero) is 1. The predicted molar refractivity (Wildman–Crippen MR) is 79.0 cm³/mol. The number of phenols is 1. The zero-order valence-electron chi connectivity index (χ0n) is 11.4. The van der Waals surface area contributed by atoms with Gasteiger partial charge in [-0.3, -0.25) is 4.79 Å². The van der Waals surface area contributed by atoms with Gasteiger partial charge in [0.25, 0.3) is 0 Å². The van der Waals surface area contributed by atoms with Crippen LogP contribution in [0.1, 0.15) is 15.9 Å². The van der Waals surface area contributed by atoms with Gasteiger partial charge in [-0.2, -0.15) is 5.26 Å². The van der Waals surface area contributed by atoms with Crippen LogP contribution in [0.3, 0.4) is 0 Å². The number of nitrogens with zero attached hydrogens (tertiary/aromatic N) is 1. The summed E-state index contributed by atoms with van der Waals surface area (Å²) in [7, 11) is 1.54. The Labute approximate surface area is 122 Å². The van der Waals surface area contributed by atoms with Crippen molar-refractivity contribution in [2.45, 2.75) is 0 Å². The molecule has 0 unspecified atom stereocenters. The smallest absolute Gasteiger partial charge is 0.203 e. The van der Waals surface area contributed by atoms with E-state index in [0.29, 0.717) is 16.9 Å². The van der Waals surface area contributed by atoms with Crippen molar-refractivity contribution in [2.75, 3.05) is 7.11 Å². The van der Waals surface area contributed by atoms with Gasteiger partial charge in [-0.25, -0.2) is 0 Å². The Hall–Kier alpha value is -3.06. The van der Waals surface area contributed by atoms with Crippen molar-refractivity contribution in [3.8, 4) is 17.6 Å². The molecule has 0 bridgehead atoms. The highest BCUT2D eigenvalue weighted by atomic mass is 16.5. The molecule has 0 aliphatic rings. The number of allylic oxidation sites excluding steroid dienone is 1. The number of methoxy groups -OCH3 is 1. The third-order valence-corrected chi connectivity index (χ3v) is 2.90. The molecule has 0 fully saturated rings. The van der Waals surface area contributed by atoms with E-state index in [1.165, 1.54) is 18.2 Å². The summed E-state index contributed by atoms with van der Waals surface area (Å²) in [4.78, 5) is 12.3. The number of rotatable bonds is 4. The average molecular weight is 279 g/mol. The molecule has 0 heterocycles. The molecule has 0 amide bonds. The van der Waals surface area contributed by atoms with Gasteiger partial charge in [0.15, 0.2) is 0 Å². The molecule has 0 spiro atoms. The van der Waals surface area contributed by atoms with Crippen LogP contribution < -0.4 is 4.74 Å². The number of hydrogen-bond acceptors (Lipinski definition) is 4. The van der Waals surface area contributed by atoms with E-state index in [1.54, 1.807) is 43.5 Å². The SMILES string of the molecule is COc1ccc(C(=O)/C(C#N)=C/c2cccc(O)c2)cc1. The Morgan fingerprint density at radius 3 is 2.52 bits per heavy atom. The summed E-state index contributed by atoms with van der Waals surface area (Å²) in [5.74, 6) is 0.350. The zero-order valence-corrected chi connectivity index (χ0v) is 11.4. The molecule has 1 N–H and O–H groups in total. The van der Waals surface area contributed by atoms with Crippen molar-refractivity contribution in [3.05, 3.63) is 65.2 Å². The first kappa shape index (κ1) is 14.4. The number of phenolic OH excluding ortho intramolecular Hbond substituents is 1. The van der Waals surface area contributed by atoms with Gasteiger partial charge in [0, 0.05) is 5.56 Å². The minimum atomic E-state index is -0.372. The van der Waals surface area contributed by atoms with Crippen molar-refractivity contribution in [2.24, 2.45) is 0 Å². The zero-order chi connectivity index (χ0) is 15.2. The van der Waals surface area contributed by atoms with Crippen molar-refractivity contribution in [3.63, 3.8) is 0 Å². The maximum Gasteiger partial charge on any atom is 0.203 e. The molecule has 2 aromatic rings. The van der Waals surface area contributed by atoms with Crippen LogP contribution in [0.5, 0.6) is 11.5 Å². The maximum absolute atomic E-state index is 12.3. The lowest BCUT2D eigenvalue weighted by Gasteiger charge is -2.02. The maximum atomic E-state index is 12.3. The molecule has 0 radical (unpaired) electrons. The molecule has 0 saturated carbocycles. The minimum absolute atomic E-state index is 0.00534. The number of carbonyl (C=O) groups excluding carboxylic acids is 1. The van der Waals surface area contributed by atoms with Crippen LogP contribution in [-0.4, -0.2) is 18.0 Å². The molecular formula is C17H13NO3. The monoisotopic (exact) mass is 279 g/mol. The van der Waals surface area contributed by atoms with Gasteiger partial charge in [-0.15, -0.1) is 0 Å². The number of hydrogen-bond donors (Lipinski definition) is 1. The van der Waals surface area contributed by atoms with E-state index in [9.17, 15) is 9.90 Å². The lowest BCUT2D eigenvalue weighted by molar-refractivity contribution is 0.104. The largest absolute Gasteiger partial charge is 0.508 e. The fourth-order valence-electron chi connectivity index (χ4n) is 1.83. The quantitative estimate of drug-likeness (QED) is 0.530. The van der Waals surface area contributed by atoms with E-state index >= 15 is 0 Å². The van der Waals surface area contributed by atoms with Gasteiger partial charge in [0.1, 0.15) is 23.1 Å². The molecule has 21 heavy (non-hydrogen) atoms. The summed E-state index contributed by atoms with van der Waals surface area (Å²) in [6, 6.07) is 14.8. The van der Waals surface area contributed by atoms with Crippen LogP contribution in [0, 0.1) is 11.3 Å². The second-order valence-electron chi connectivity index (χ2n) is 4.32. The van der Waals surface area contributed by atoms with Gasteiger partial charge >= 0.3 is 0 Å². The number of ketones is 1. The van der Waals surface area contributed by atoms with Crippen LogP contribution in [-0.2, 0) is 0 Å². The summed E-state index contributed by atoms with van der Waals surface area (Å²) in [6.45, 7) is 0. The highest BCUT2D eigenvalue weighted by molar-refractivity contribution is 6.14. The molecule has 0 aliphatic heterocycles. The molecule has 0 saturated heterocycles. The number of ether oxygens (including phenoxy) is 1. The molecule has 0 aromatic heterocycles. The fraction of sp³-hybridized carbons (Fsp3) is 0.0588. The molecule has 104 valence electrons. The summed E-state index contributed by atoms with van der Waals surface area (Å²) >= 11 is 0.